The van der Waals surface area contributed by atoms with Gasteiger partial charge in [-0.15, -0.1) is 0 Å². The fraction of sp³-hybridized carbons (Fsp3) is 0.667. The van der Waals surface area contributed by atoms with Crippen molar-refractivity contribution in [3.05, 3.63) is 28.8 Å². The Morgan fingerprint density at radius 3 is 1.45 bits per heavy atom. The first-order chi connectivity index (χ1) is 10.0. The molecule has 1 rings (SSSR count). The lowest BCUT2D eigenvalue weighted by atomic mass is 9.91. The summed E-state index contributed by atoms with van der Waals surface area (Å²) in [4.78, 5) is 0.363. The second-order valence-corrected chi connectivity index (χ2v) is 9.08. The fourth-order valence-electron chi connectivity index (χ4n) is 2.96. The van der Waals surface area contributed by atoms with Crippen LogP contribution in [0.3, 0.4) is 0 Å². The van der Waals surface area contributed by atoms with Crippen molar-refractivity contribution in [2.75, 3.05) is 0 Å². The average Bonchev–Trinajstić information content (AvgIpc) is 2.22. The average molecular weight is 326 g/mol. The predicted molar refractivity (Wildman–Crippen MR) is 93.4 cm³/mol. The maximum Gasteiger partial charge on any atom is 0.238 e. The molecule has 0 aliphatic heterocycles. The molecule has 0 atom stereocenters. The van der Waals surface area contributed by atoms with E-state index in [0.717, 1.165) is 30.4 Å². The van der Waals surface area contributed by atoms with E-state index in [1.165, 1.54) is 5.56 Å². The summed E-state index contributed by atoms with van der Waals surface area (Å²) in [7, 11) is -3.70. The molecule has 0 aliphatic rings. The van der Waals surface area contributed by atoms with Crippen molar-refractivity contribution in [2.45, 2.75) is 65.7 Å². The van der Waals surface area contributed by atoms with E-state index >= 15 is 0 Å². The Morgan fingerprint density at radius 2 is 1.18 bits per heavy atom. The van der Waals surface area contributed by atoms with Crippen LogP contribution in [0.15, 0.2) is 17.0 Å². The van der Waals surface area contributed by atoms with Crippen molar-refractivity contribution in [1.29, 1.82) is 0 Å². The number of rotatable bonds is 7. The lowest BCUT2D eigenvalue weighted by Gasteiger charge is -2.19. The molecule has 0 unspecified atom stereocenters. The van der Waals surface area contributed by atoms with Crippen molar-refractivity contribution in [1.82, 2.24) is 0 Å². The Hall–Kier alpha value is -0.870. The van der Waals surface area contributed by atoms with E-state index in [1.54, 1.807) is 0 Å². The molecule has 0 fully saturated rings. The van der Waals surface area contributed by atoms with E-state index in [-0.39, 0.29) is 0 Å². The van der Waals surface area contributed by atoms with Crippen LogP contribution in [-0.2, 0) is 29.3 Å². The summed E-state index contributed by atoms with van der Waals surface area (Å²) < 4.78 is 24.3. The summed E-state index contributed by atoms with van der Waals surface area (Å²) in [5, 5.41) is 5.53. The van der Waals surface area contributed by atoms with E-state index in [1.807, 2.05) is 12.1 Å². The molecule has 22 heavy (non-hydrogen) atoms. The number of hydrogen-bond donors (Lipinski definition) is 1. The molecule has 0 saturated heterocycles. The van der Waals surface area contributed by atoms with Gasteiger partial charge >= 0.3 is 0 Å². The number of nitrogens with two attached hydrogens (primary N) is 1. The van der Waals surface area contributed by atoms with Gasteiger partial charge in [0.2, 0.25) is 10.0 Å². The van der Waals surface area contributed by atoms with Crippen molar-refractivity contribution in [3.8, 4) is 0 Å². The van der Waals surface area contributed by atoms with E-state index in [0.29, 0.717) is 22.6 Å². The standard InChI is InChI=1S/C18H31NO2S/c1-12(2)7-15-10-16(8-13(3)4)18(22(19,20)21)17(11-15)9-14(5)6/h10-14H,7-9H2,1-6H3,(H2,19,20,21). The Labute approximate surface area is 136 Å². The van der Waals surface area contributed by atoms with Gasteiger partial charge in [-0.2, -0.15) is 0 Å². The molecule has 0 radical (unpaired) electrons. The summed E-state index contributed by atoms with van der Waals surface area (Å²) in [5.74, 6) is 1.32. The molecular weight excluding hydrogens is 294 g/mol. The van der Waals surface area contributed by atoms with Gasteiger partial charge in [0.05, 0.1) is 4.90 Å². The molecule has 1 aromatic carbocycles. The van der Waals surface area contributed by atoms with Crippen molar-refractivity contribution in [3.63, 3.8) is 0 Å². The number of benzene rings is 1. The van der Waals surface area contributed by atoms with Gasteiger partial charge < -0.3 is 0 Å². The third-order valence-electron chi connectivity index (χ3n) is 3.49. The van der Waals surface area contributed by atoms with Crippen LogP contribution in [0.4, 0.5) is 0 Å². The first kappa shape index (κ1) is 19.2. The zero-order valence-electron chi connectivity index (χ0n) is 14.8. The minimum Gasteiger partial charge on any atom is -0.225 e. The van der Waals surface area contributed by atoms with Gasteiger partial charge in [-0.1, -0.05) is 53.7 Å². The smallest absolute Gasteiger partial charge is 0.225 e. The zero-order chi connectivity index (χ0) is 17.1. The molecule has 1 aromatic rings. The molecular formula is C18H31NO2S. The predicted octanol–water partition coefficient (Wildman–Crippen LogP) is 3.93. The first-order valence-corrected chi connectivity index (χ1v) is 9.72. The Kier molecular flexibility index (Phi) is 6.63. The highest BCUT2D eigenvalue weighted by atomic mass is 32.2. The normalized spacial score (nSPS) is 12.6. The molecule has 0 saturated carbocycles. The Balaban J connectivity index is 3.53. The SMILES string of the molecule is CC(C)Cc1cc(CC(C)C)c(S(N)(=O)=O)c(CC(C)C)c1. The second kappa shape index (κ2) is 7.60. The van der Waals surface area contributed by atoms with Gasteiger partial charge in [0.25, 0.3) is 0 Å². The van der Waals surface area contributed by atoms with E-state index in [2.05, 4.69) is 41.5 Å². The largest absolute Gasteiger partial charge is 0.238 e. The number of hydrogen-bond acceptors (Lipinski definition) is 2. The summed E-state index contributed by atoms with van der Waals surface area (Å²) in [5.41, 5.74) is 2.98. The Bertz CT molecular complexity index is 571. The molecule has 0 amide bonds. The molecule has 0 heterocycles. The van der Waals surface area contributed by atoms with Gasteiger partial charge in [0.1, 0.15) is 0 Å². The minimum absolute atomic E-state index is 0.363. The maximum absolute atomic E-state index is 12.1. The molecule has 0 aromatic heterocycles. The van der Waals surface area contributed by atoms with Crippen LogP contribution in [0, 0.1) is 17.8 Å². The molecule has 126 valence electrons. The molecule has 4 heteroatoms. The molecule has 0 spiro atoms. The van der Waals surface area contributed by atoms with E-state index in [9.17, 15) is 8.42 Å². The molecule has 0 bridgehead atoms. The van der Waals surface area contributed by atoms with Crippen molar-refractivity contribution in [2.24, 2.45) is 22.9 Å². The molecule has 0 aliphatic carbocycles. The third kappa shape index (κ3) is 5.73. The van der Waals surface area contributed by atoms with E-state index < -0.39 is 10.0 Å². The van der Waals surface area contributed by atoms with Crippen molar-refractivity contribution >= 4 is 10.0 Å². The molecule has 3 nitrogen and oxygen atoms in total. The lowest BCUT2D eigenvalue weighted by Crippen LogP contribution is -2.19. The minimum atomic E-state index is -3.70. The van der Waals surface area contributed by atoms with Gasteiger partial charge in [0.15, 0.2) is 0 Å². The lowest BCUT2D eigenvalue weighted by molar-refractivity contribution is 0.582. The second-order valence-electron chi connectivity index (χ2n) is 7.58. The highest BCUT2D eigenvalue weighted by Gasteiger charge is 2.21. The van der Waals surface area contributed by atoms with Gasteiger partial charge in [-0.25, -0.2) is 13.6 Å². The quantitative estimate of drug-likeness (QED) is 0.825. The summed E-state index contributed by atoms with van der Waals surface area (Å²) in [6, 6.07) is 4.09. The van der Waals surface area contributed by atoms with Crippen LogP contribution in [0.2, 0.25) is 0 Å². The van der Waals surface area contributed by atoms with Gasteiger partial charge in [-0.3, -0.25) is 0 Å². The summed E-state index contributed by atoms with van der Waals surface area (Å²) in [6.45, 7) is 12.8. The van der Waals surface area contributed by atoms with Crippen LogP contribution in [-0.4, -0.2) is 8.42 Å². The monoisotopic (exact) mass is 325 g/mol. The van der Waals surface area contributed by atoms with Crippen LogP contribution < -0.4 is 5.14 Å². The van der Waals surface area contributed by atoms with Crippen LogP contribution in [0.1, 0.15) is 58.2 Å². The highest BCUT2D eigenvalue weighted by Crippen LogP contribution is 2.27. The topological polar surface area (TPSA) is 60.2 Å². The third-order valence-corrected chi connectivity index (χ3v) is 4.58. The number of primary sulfonamides is 1. The number of sulfonamides is 1. The van der Waals surface area contributed by atoms with Gasteiger partial charge in [0, 0.05) is 0 Å². The van der Waals surface area contributed by atoms with Crippen LogP contribution >= 0.6 is 0 Å². The summed E-state index contributed by atoms with van der Waals surface area (Å²) >= 11 is 0. The summed E-state index contributed by atoms with van der Waals surface area (Å²) in [6.07, 6.45) is 2.44. The fourth-order valence-corrected chi connectivity index (χ4v) is 3.98. The van der Waals surface area contributed by atoms with Gasteiger partial charge in [-0.05, 0) is 53.7 Å². The van der Waals surface area contributed by atoms with Crippen molar-refractivity contribution < 1.29 is 8.42 Å². The van der Waals surface area contributed by atoms with E-state index in [4.69, 9.17) is 5.14 Å². The highest BCUT2D eigenvalue weighted by molar-refractivity contribution is 7.89. The van der Waals surface area contributed by atoms with Crippen LogP contribution in [0.25, 0.3) is 0 Å². The maximum atomic E-state index is 12.1. The Morgan fingerprint density at radius 1 is 0.818 bits per heavy atom. The zero-order valence-corrected chi connectivity index (χ0v) is 15.6. The first-order valence-electron chi connectivity index (χ1n) is 8.18. The molecule has 2 N–H and O–H groups in total. The van der Waals surface area contributed by atoms with Crippen LogP contribution in [0.5, 0.6) is 0 Å².